The number of methoxy groups -OCH3 is 1. The van der Waals surface area contributed by atoms with Crippen molar-refractivity contribution in [2.45, 2.75) is 50.5 Å². The van der Waals surface area contributed by atoms with E-state index in [1.807, 2.05) is 54.6 Å². The van der Waals surface area contributed by atoms with Gasteiger partial charge in [-0.2, -0.15) is 0 Å². The number of carbonyl (C=O) groups is 2. The summed E-state index contributed by atoms with van der Waals surface area (Å²) in [6.07, 6.45) is 6.46. The number of nitrogens with zero attached hydrogens (tertiary/aromatic N) is 2. The van der Waals surface area contributed by atoms with E-state index in [1.165, 1.54) is 12.0 Å². The maximum atomic E-state index is 13.7. The summed E-state index contributed by atoms with van der Waals surface area (Å²) in [6.45, 7) is 3.22. The fraction of sp³-hybridized carbons (Fsp3) is 0.412. The number of piperazine rings is 1. The molecule has 1 saturated heterocycles. The predicted octanol–water partition coefficient (Wildman–Crippen LogP) is 5.83. The van der Waals surface area contributed by atoms with Gasteiger partial charge < -0.3 is 25.2 Å². The standard InChI is InChI=1S/C34H40N4O3/c1-41-32-15-9-8-14-31(32)38-20-18-37(19-21-38)30-17-16-26(22-29(30)34(40)35-25-12-6-3-7-13-25)36-33(39)28-23-27(28)24-10-4-2-5-11-24/h2,4-5,8-11,14-17,22,25,27-28H,3,6-7,12-13,18-21,23H2,1H3,(H,35,40)(H,36,39). The third-order valence-electron chi connectivity index (χ3n) is 8.85. The highest BCUT2D eigenvalue weighted by Gasteiger charge is 2.43. The molecule has 1 heterocycles. The number of hydrogen-bond acceptors (Lipinski definition) is 5. The molecule has 214 valence electrons. The van der Waals surface area contributed by atoms with Crippen LogP contribution in [-0.4, -0.2) is 51.1 Å². The number of carbonyl (C=O) groups excluding carboxylic acids is 2. The second kappa shape index (κ2) is 12.2. The molecule has 6 rings (SSSR count). The zero-order chi connectivity index (χ0) is 28.2. The maximum Gasteiger partial charge on any atom is 0.253 e. The average Bonchev–Trinajstić information content (AvgIpc) is 3.84. The topological polar surface area (TPSA) is 73.9 Å². The Labute approximate surface area is 242 Å². The molecule has 2 unspecified atom stereocenters. The van der Waals surface area contributed by atoms with Crippen LogP contribution in [0, 0.1) is 5.92 Å². The Balaban J connectivity index is 1.18. The van der Waals surface area contributed by atoms with Crippen molar-refractivity contribution in [3.05, 3.63) is 83.9 Å². The number of para-hydroxylation sites is 2. The Bertz CT molecular complexity index is 1360. The van der Waals surface area contributed by atoms with Crippen molar-refractivity contribution in [3.8, 4) is 5.75 Å². The van der Waals surface area contributed by atoms with Crippen molar-refractivity contribution in [2.75, 3.05) is 48.4 Å². The normalized spacial score (nSPS) is 20.8. The van der Waals surface area contributed by atoms with Gasteiger partial charge >= 0.3 is 0 Å². The Hall–Kier alpha value is -4.00. The number of rotatable bonds is 8. The molecule has 0 radical (unpaired) electrons. The molecule has 2 aliphatic carbocycles. The molecule has 0 spiro atoms. The molecule has 3 aliphatic rings. The van der Waals surface area contributed by atoms with Crippen LogP contribution in [0.15, 0.2) is 72.8 Å². The van der Waals surface area contributed by atoms with Crippen molar-refractivity contribution in [2.24, 2.45) is 5.92 Å². The van der Waals surface area contributed by atoms with Crippen LogP contribution in [0.1, 0.15) is 60.4 Å². The Morgan fingerprint density at radius 3 is 2.22 bits per heavy atom. The van der Waals surface area contributed by atoms with Crippen molar-refractivity contribution in [3.63, 3.8) is 0 Å². The first-order valence-electron chi connectivity index (χ1n) is 15.0. The molecule has 3 fully saturated rings. The van der Waals surface area contributed by atoms with Crippen LogP contribution in [-0.2, 0) is 4.79 Å². The van der Waals surface area contributed by atoms with Crippen molar-refractivity contribution < 1.29 is 14.3 Å². The molecule has 1 aliphatic heterocycles. The van der Waals surface area contributed by atoms with E-state index in [2.05, 4.69) is 38.6 Å². The summed E-state index contributed by atoms with van der Waals surface area (Å²) < 4.78 is 5.59. The van der Waals surface area contributed by atoms with Gasteiger partial charge in [0.25, 0.3) is 5.91 Å². The third kappa shape index (κ3) is 6.19. The Kier molecular flexibility index (Phi) is 8.12. The zero-order valence-corrected chi connectivity index (χ0v) is 23.9. The molecule has 7 nitrogen and oxygen atoms in total. The molecule has 2 saturated carbocycles. The Morgan fingerprint density at radius 1 is 0.805 bits per heavy atom. The van der Waals surface area contributed by atoms with Gasteiger partial charge in [0.1, 0.15) is 5.75 Å². The van der Waals surface area contributed by atoms with E-state index in [0.717, 1.165) is 75.4 Å². The summed E-state index contributed by atoms with van der Waals surface area (Å²) in [5, 5.41) is 6.42. The predicted molar refractivity (Wildman–Crippen MR) is 164 cm³/mol. The van der Waals surface area contributed by atoms with Crippen LogP contribution in [0.3, 0.4) is 0 Å². The maximum absolute atomic E-state index is 13.7. The number of nitrogens with one attached hydrogen (secondary N) is 2. The van der Waals surface area contributed by atoms with Crippen LogP contribution in [0.25, 0.3) is 0 Å². The van der Waals surface area contributed by atoms with E-state index in [9.17, 15) is 9.59 Å². The first-order chi connectivity index (χ1) is 20.1. The van der Waals surface area contributed by atoms with E-state index in [1.54, 1.807) is 7.11 Å². The highest BCUT2D eigenvalue weighted by atomic mass is 16.5. The molecule has 3 aromatic carbocycles. The fourth-order valence-corrected chi connectivity index (χ4v) is 6.45. The fourth-order valence-electron chi connectivity index (χ4n) is 6.45. The molecular weight excluding hydrogens is 512 g/mol. The van der Waals surface area contributed by atoms with Crippen LogP contribution < -0.4 is 25.2 Å². The van der Waals surface area contributed by atoms with E-state index in [0.29, 0.717) is 11.3 Å². The summed E-state index contributed by atoms with van der Waals surface area (Å²) in [5.74, 6) is 1.09. The van der Waals surface area contributed by atoms with Crippen molar-refractivity contribution >= 4 is 28.9 Å². The van der Waals surface area contributed by atoms with E-state index < -0.39 is 0 Å². The van der Waals surface area contributed by atoms with Gasteiger partial charge in [0.05, 0.1) is 18.4 Å². The molecule has 0 bridgehead atoms. The summed E-state index contributed by atoms with van der Waals surface area (Å²) in [5.41, 5.74) is 4.54. The largest absolute Gasteiger partial charge is 0.495 e. The summed E-state index contributed by atoms with van der Waals surface area (Å²) in [4.78, 5) is 31.4. The number of benzene rings is 3. The lowest BCUT2D eigenvalue weighted by atomic mass is 9.95. The van der Waals surface area contributed by atoms with Gasteiger partial charge in [-0.3, -0.25) is 9.59 Å². The van der Waals surface area contributed by atoms with E-state index >= 15 is 0 Å². The lowest BCUT2D eigenvalue weighted by Crippen LogP contribution is -2.47. The van der Waals surface area contributed by atoms with Gasteiger partial charge in [0.2, 0.25) is 5.91 Å². The van der Waals surface area contributed by atoms with E-state index in [4.69, 9.17) is 4.74 Å². The summed E-state index contributed by atoms with van der Waals surface area (Å²) in [6, 6.07) is 24.4. The van der Waals surface area contributed by atoms with Gasteiger partial charge in [-0.25, -0.2) is 0 Å². The highest BCUT2D eigenvalue weighted by Crippen LogP contribution is 2.48. The number of amides is 2. The SMILES string of the molecule is COc1ccccc1N1CCN(c2ccc(NC(=O)C3CC3c3ccccc3)cc2C(=O)NC2CCCCC2)CC1. The molecule has 0 aromatic heterocycles. The number of ether oxygens (including phenoxy) is 1. The first-order valence-corrected chi connectivity index (χ1v) is 15.0. The molecule has 41 heavy (non-hydrogen) atoms. The van der Waals surface area contributed by atoms with Crippen LogP contribution >= 0.6 is 0 Å². The van der Waals surface area contributed by atoms with Gasteiger partial charge in [-0.1, -0.05) is 61.7 Å². The monoisotopic (exact) mass is 552 g/mol. The molecule has 2 atom stereocenters. The average molecular weight is 553 g/mol. The highest BCUT2D eigenvalue weighted by molar-refractivity contribution is 6.03. The van der Waals surface area contributed by atoms with Gasteiger partial charge in [-0.15, -0.1) is 0 Å². The molecule has 2 amide bonds. The first kappa shape index (κ1) is 27.2. The minimum absolute atomic E-state index is 0.0238. The smallest absolute Gasteiger partial charge is 0.253 e. The quantitative estimate of drug-likeness (QED) is 0.368. The number of hydrogen-bond donors (Lipinski definition) is 2. The number of anilines is 3. The summed E-state index contributed by atoms with van der Waals surface area (Å²) in [7, 11) is 1.71. The lowest BCUT2D eigenvalue weighted by molar-refractivity contribution is -0.117. The van der Waals surface area contributed by atoms with Crippen LogP contribution in [0.4, 0.5) is 17.1 Å². The molecule has 7 heteroatoms. The van der Waals surface area contributed by atoms with Crippen molar-refractivity contribution in [1.29, 1.82) is 0 Å². The lowest BCUT2D eigenvalue weighted by Gasteiger charge is -2.38. The third-order valence-corrected chi connectivity index (χ3v) is 8.85. The van der Waals surface area contributed by atoms with Crippen molar-refractivity contribution in [1.82, 2.24) is 5.32 Å². The van der Waals surface area contributed by atoms with Crippen LogP contribution in [0.5, 0.6) is 5.75 Å². The second-order valence-electron chi connectivity index (χ2n) is 11.5. The van der Waals surface area contributed by atoms with Gasteiger partial charge in [0.15, 0.2) is 0 Å². The molecule has 2 N–H and O–H groups in total. The Morgan fingerprint density at radius 2 is 1.49 bits per heavy atom. The van der Waals surface area contributed by atoms with Crippen LogP contribution in [0.2, 0.25) is 0 Å². The molecular formula is C34H40N4O3. The minimum Gasteiger partial charge on any atom is -0.495 e. The zero-order valence-electron chi connectivity index (χ0n) is 23.9. The minimum atomic E-state index is -0.0521. The molecule has 3 aromatic rings. The summed E-state index contributed by atoms with van der Waals surface area (Å²) >= 11 is 0. The van der Waals surface area contributed by atoms with E-state index in [-0.39, 0.29) is 29.7 Å². The van der Waals surface area contributed by atoms with Gasteiger partial charge in [0, 0.05) is 49.5 Å². The van der Waals surface area contributed by atoms with Gasteiger partial charge in [-0.05, 0) is 61.1 Å². The second-order valence-corrected chi connectivity index (χ2v) is 11.5.